The van der Waals surface area contributed by atoms with Gasteiger partial charge < -0.3 is 10.6 Å². The molecule has 6 heteroatoms. The lowest BCUT2D eigenvalue weighted by Crippen LogP contribution is -2.59. The number of carbonyl (C=O) groups excluding carboxylic acids is 1. The zero-order valence-corrected chi connectivity index (χ0v) is 15.8. The molecule has 1 aromatic heterocycles. The van der Waals surface area contributed by atoms with E-state index >= 15 is 0 Å². The Labute approximate surface area is 160 Å². The predicted molar refractivity (Wildman–Crippen MR) is 105 cm³/mol. The fourth-order valence-electron chi connectivity index (χ4n) is 4.24. The normalized spacial score (nSPS) is 23.9. The first-order chi connectivity index (χ1) is 13.3. The summed E-state index contributed by atoms with van der Waals surface area (Å²) >= 11 is 0. The quantitative estimate of drug-likeness (QED) is 0.851. The highest BCUT2D eigenvalue weighted by molar-refractivity contribution is 5.98. The van der Waals surface area contributed by atoms with E-state index in [4.69, 9.17) is 0 Å². The summed E-state index contributed by atoms with van der Waals surface area (Å²) in [5.74, 6) is -0.0322. The molecule has 2 saturated carbocycles. The van der Waals surface area contributed by atoms with Crippen LogP contribution in [-0.2, 0) is 0 Å². The number of amides is 1. The molecule has 0 radical (unpaired) electrons. The van der Waals surface area contributed by atoms with Gasteiger partial charge in [-0.25, -0.2) is 9.67 Å². The third-order valence-electron chi connectivity index (χ3n) is 5.96. The maximum Gasteiger partial charge on any atom is 0.253 e. The minimum atomic E-state index is -0.0322. The van der Waals surface area contributed by atoms with Gasteiger partial charge >= 0.3 is 0 Å². The van der Waals surface area contributed by atoms with Crippen molar-refractivity contribution in [2.45, 2.75) is 75.9 Å². The fourth-order valence-corrected chi connectivity index (χ4v) is 4.24. The molecule has 0 spiro atoms. The van der Waals surface area contributed by atoms with Crippen molar-refractivity contribution in [2.75, 3.05) is 0 Å². The first-order valence-electron chi connectivity index (χ1n) is 10.3. The smallest absolute Gasteiger partial charge is 0.253 e. The van der Waals surface area contributed by atoms with Gasteiger partial charge in [0, 0.05) is 18.1 Å². The van der Waals surface area contributed by atoms with E-state index in [-0.39, 0.29) is 11.9 Å². The minimum Gasteiger partial charge on any atom is -0.348 e. The van der Waals surface area contributed by atoms with Gasteiger partial charge in [0.05, 0.1) is 11.3 Å². The zero-order valence-electron chi connectivity index (χ0n) is 15.8. The van der Waals surface area contributed by atoms with Crippen LogP contribution in [0.3, 0.4) is 0 Å². The summed E-state index contributed by atoms with van der Waals surface area (Å²) in [6, 6.07) is 8.77. The minimum absolute atomic E-state index is 0.0322. The summed E-state index contributed by atoms with van der Waals surface area (Å²) in [7, 11) is 0. The van der Waals surface area contributed by atoms with E-state index in [9.17, 15) is 4.79 Å². The van der Waals surface area contributed by atoms with Gasteiger partial charge in [-0.1, -0.05) is 44.2 Å². The Balaban J connectivity index is 1.37. The molecule has 27 heavy (non-hydrogen) atoms. The summed E-state index contributed by atoms with van der Waals surface area (Å²) in [6.07, 6.45) is 14.6. The molecule has 2 atom stereocenters. The van der Waals surface area contributed by atoms with Crippen LogP contribution >= 0.6 is 0 Å². The van der Waals surface area contributed by atoms with Crippen molar-refractivity contribution in [3.05, 3.63) is 42.5 Å². The number of rotatable bonds is 5. The Kier molecular flexibility index (Phi) is 5.82. The highest BCUT2D eigenvalue weighted by Gasteiger charge is 2.34. The second-order valence-corrected chi connectivity index (χ2v) is 7.83. The van der Waals surface area contributed by atoms with E-state index in [0.717, 1.165) is 18.5 Å². The van der Waals surface area contributed by atoms with Crippen LogP contribution < -0.4 is 10.6 Å². The van der Waals surface area contributed by atoms with Crippen molar-refractivity contribution < 1.29 is 4.79 Å². The summed E-state index contributed by atoms with van der Waals surface area (Å²) in [5.41, 5.74) is 1.40. The van der Waals surface area contributed by atoms with E-state index in [2.05, 4.69) is 20.7 Å². The topological polar surface area (TPSA) is 71.8 Å². The Morgan fingerprint density at radius 1 is 0.963 bits per heavy atom. The number of hydrogen-bond acceptors (Lipinski definition) is 4. The van der Waals surface area contributed by atoms with Gasteiger partial charge in [-0.2, -0.15) is 5.10 Å². The molecule has 2 aromatic rings. The van der Waals surface area contributed by atoms with Crippen LogP contribution in [0.2, 0.25) is 0 Å². The largest absolute Gasteiger partial charge is 0.348 e. The van der Waals surface area contributed by atoms with Crippen LogP contribution in [0.25, 0.3) is 5.69 Å². The van der Waals surface area contributed by atoms with Gasteiger partial charge in [-0.3, -0.25) is 4.79 Å². The molecule has 1 heterocycles. The Morgan fingerprint density at radius 2 is 1.70 bits per heavy atom. The molecule has 2 aliphatic carbocycles. The van der Waals surface area contributed by atoms with Crippen LogP contribution in [0.15, 0.2) is 36.9 Å². The SMILES string of the molecule is O=C(N[C@@H]1CC[C@@H]1NC1CCCCCCC1)c1ccccc1-n1cncn1. The van der Waals surface area contributed by atoms with Gasteiger partial charge in [0.2, 0.25) is 0 Å². The Hall–Kier alpha value is -2.21. The lowest BCUT2D eigenvalue weighted by Gasteiger charge is -2.40. The van der Waals surface area contributed by atoms with Crippen LogP contribution in [0.4, 0.5) is 0 Å². The van der Waals surface area contributed by atoms with E-state index in [1.807, 2.05) is 24.3 Å². The number of nitrogens with zero attached hydrogens (tertiary/aromatic N) is 3. The lowest BCUT2D eigenvalue weighted by molar-refractivity contribution is 0.0886. The van der Waals surface area contributed by atoms with E-state index < -0.39 is 0 Å². The molecule has 0 saturated heterocycles. The van der Waals surface area contributed by atoms with Crippen LogP contribution in [0.1, 0.15) is 68.1 Å². The van der Waals surface area contributed by atoms with Crippen molar-refractivity contribution in [1.82, 2.24) is 25.4 Å². The number of nitrogens with one attached hydrogen (secondary N) is 2. The predicted octanol–water partition coefficient (Wildman–Crippen LogP) is 3.23. The maximum absolute atomic E-state index is 12.9. The first-order valence-corrected chi connectivity index (χ1v) is 10.3. The molecule has 1 aromatic carbocycles. The molecule has 6 nitrogen and oxygen atoms in total. The molecule has 2 fully saturated rings. The summed E-state index contributed by atoms with van der Waals surface area (Å²) in [4.78, 5) is 16.9. The fraction of sp³-hybridized carbons (Fsp3) is 0.571. The van der Waals surface area contributed by atoms with Crippen molar-refractivity contribution in [2.24, 2.45) is 0 Å². The summed E-state index contributed by atoms with van der Waals surface area (Å²) < 4.78 is 1.64. The second kappa shape index (κ2) is 8.65. The third-order valence-corrected chi connectivity index (χ3v) is 5.96. The van der Waals surface area contributed by atoms with Crippen molar-refractivity contribution in [3.63, 3.8) is 0 Å². The van der Waals surface area contributed by atoms with E-state index in [0.29, 0.717) is 17.6 Å². The van der Waals surface area contributed by atoms with Gasteiger partial charge in [0.25, 0.3) is 5.91 Å². The second-order valence-electron chi connectivity index (χ2n) is 7.83. The number of carbonyl (C=O) groups is 1. The molecule has 2 aliphatic rings. The molecular weight excluding hydrogens is 338 g/mol. The standard InChI is InChI=1S/C21H29N5O/c27-21(17-10-6-7-11-20(17)26-15-22-14-23-26)25-19-13-12-18(19)24-16-8-4-2-1-3-5-9-16/h6-7,10-11,14-16,18-19,24H,1-5,8-9,12-13H2,(H,25,27)/t18-,19+/m0/s1. The molecule has 0 bridgehead atoms. The van der Waals surface area contributed by atoms with Crippen molar-refractivity contribution in [1.29, 1.82) is 0 Å². The Bertz CT molecular complexity index is 737. The Morgan fingerprint density at radius 3 is 2.41 bits per heavy atom. The monoisotopic (exact) mass is 367 g/mol. The van der Waals surface area contributed by atoms with Crippen molar-refractivity contribution >= 4 is 5.91 Å². The molecule has 0 unspecified atom stereocenters. The van der Waals surface area contributed by atoms with E-state index in [1.54, 1.807) is 11.0 Å². The molecule has 144 valence electrons. The molecule has 1 amide bonds. The van der Waals surface area contributed by atoms with Crippen molar-refractivity contribution in [3.8, 4) is 5.69 Å². The highest BCUT2D eigenvalue weighted by Crippen LogP contribution is 2.25. The van der Waals surface area contributed by atoms with Crippen LogP contribution in [-0.4, -0.2) is 38.8 Å². The van der Waals surface area contributed by atoms with E-state index in [1.165, 1.54) is 51.3 Å². The van der Waals surface area contributed by atoms with Crippen LogP contribution in [0, 0.1) is 0 Å². The molecule has 4 rings (SSSR count). The zero-order chi connectivity index (χ0) is 18.5. The van der Waals surface area contributed by atoms with Gasteiger partial charge in [-0.15, -0.1) is 0 Å². The van der Waals surface area contributed by atoms with Crippen LogP contribution in [0.5, 0.6) is 0 Å². The first kappa shape index (κ1) is 18.2. The van der Waals surface area contributed by atoms with Gasteiger partial charge in [0.15, 0.2) is 0 Å². The summed E-state index contributed by atoms with van der Waals surface area (Å²) in [5, 5.41) is 11.2. The average Bonchev–Trinajstić information content (AvgIpc) is 3.19. The lowest BCUT2D eigenvalue weighted by atomic mass is 9.84. The summed E-state index contributed by atoms with van der Waals surface area (Å²) in [6.45, 7) is 0. The molecule has 2 N–H and O–H groups in total. The number of para-hydroxylation sites is 1. The third kappa shape index (κ3) is 4.38. The number of aromatic nitrogens is 3. The average molecular weight is 367 g/mol. The highest BCUT2D eigenvalue weighted by atomic mass is 16.1. The maximum atomic E-state index is 12.9. The van der Waals surface area contributed by atoms with Gasteiger partial charge in [-0.05, 0) is 37.8 Å². The molecular formula is C21H29N5O. The van der Waals surface area contributed by atoms with Gasteiger partial charge in [0.1, 0.15) is 12.7 Å². The number of benzene rings is 1. The molecule has 0 aliphatic heterocycles. The number of hydrogen-bond donors (Lipinski definition) is 2.